The van der Waals surface area contributed by atoms with E-state index >= 15 is 0 Å². The van der Waals surface area contributed by atoms with Crippen LogP contribution in [0.4, 0.5) is 0 Å². The lowest BCUT2D eigenvalue weighted by molar-refractivity contribution is 0.00578. The van der Waals surface area contributed by atoms with E-state index in [1.807, 2.05) is 33.8 Å². The smallest absolute Gasteiger partial charge is 0.399 e. The van der Waals surface area contributed by atoms with Gasteiger partial charge in [0.2, 0.25) is 0 Å². The second kappa shape index (κ2) is 3.97. The first-order valence-electron chi connectivity index (χ1n) is 5.75. The molecule has 0 bridgehead atoms. The molecule has 0 amide bonds. The highest BCUT2D eigenvalue weighted by atomic mass is 16.7. The third-order valence-electron chi connectivity index (χ3n) is 3.60. The van der Waals surface area contributed by atoms with Crippen molar-refractivity contribution in [2.24, 2.45) is 0 Å². The van der Waals surface area contributed by atoms with E-state index in [4.69, 9.17) is 14.6 Å². The van der Waals surface area contributed by atoms with Crippen molar-refractivity contribution in [2.75, 3.05) is 0 Å². The van der Waals surface area contributed by atoms with Crippen LogP contribution in [0.2, 0.25) is 0 Å². The Morgan fingerprint density at radius 3 is 2.28 bits per heavy atom. The molecule has 94 valence electrons. The summed E-state index contributed by atoms with van der Waals surface area (Å²) in [6.45, 7) is 7.65. The topological polar surface area (TPSA) is 75.1 Å². The maximum Gasteiger partial charge on any atom is 0.500 e. The molecule has 1 aromatic heterocycles. The molecule has 5 nitrogen and oxygen atoms in total. The number of H-pyrrole nitrogens is 1. The van der Waals surface area contributed by atoms with Crippen LogP contribution < -0.4 is 10.9 Å². The zero-order valence-corrected chi connectivity index (χ0v) is 10.9. The summed E-state index contributed by atoms with van der Waals surface area (Å²) in [7, 11) is -0.743. The lowest BCUT2D eigenvalue weighted by atomic mass is 9.79. The molecule has 1 aliphatic heterocycles. The van der Waals surface area contributed by atoms with Crippen molar-refractivity contribution in [3.05, 3.63) is 28.2 Å². The Bertz CT molecular complexity index is 555. The van der Waals surface area contributed by atoms with Gasteiger partial charge in [-0.25, -0.2) is 0 Å². The number of rotatable bonds is 1. The van der Waals surface area contributed by atoms with E-state index < -0.39 is 18.3 Å². The molecule has 1 aliphatic rings. The second-order valence-electron chi connectivity index (χ2n) is 5.35. The van der Waals surface area contributed by atoms with Crippen LogP contribution in [0, 0.1) is 11.3 Å². The van der Waals surface area contributed by atoms with Gasteiger partial charge in [-0.2, -0.15) is 5.26 Å². The monoisotopic (exact) mass is 246 g/mol. The highest BCUT2D eigenvalue weighted by molar-refractivity contribution is 6.62. The summed E-state index contributed by atoms with van der Waals surface area (Å²) in [6, 6.07) is 1.85. The summed E-state index contributed by atoms with van der Waals surface area (Å²) in [4.78, 5) is 14.8. The molecule has 1 fully saturated rings. The first-order valence-corrected chi connectivity index (χ1v) is 5.75. The second-order valence-corrected chi connectivity index (χ2v) is 5.35. The summed E-state index contributed by atoms with van der Waals surface area (Å²) in [5.74, 6) is 0. The molecule has 18 heavy (non-hydrogen) atoms. The van der Waals surface area contributed by atoms with Gasteiger partial charge in [0.25, 0.3) is 0 Å². The summed E-state index contributed by atoms with van der Waals surface area (Å²) in [6.07, 6.45) is 2.89. The lowest BCUT2D eigenvalue weighted by Crippen LogP contribution is -2.44. The number of aromatic amines is 1. The first-order chi connectivity index (χ1) is 8.28. The number of aromatic nitrogens is 1. The van der Waals surface area contributed by atoms with E-state index in [2.05, 4.69) is 4.98 Å². The number of pyridine rings is 1. The van der Waals surface area contributed by atoms with Gasteiger partial charge in [-0.3, -0.25) is 4.79 Å². The zero-order valence-electron chi connectivity index (χ0n) is 10.9. The number of hydrogen-bond acceptors (Lipinski definition) is 4. The van der Waals surface area contributed by atoms with Crippen LogP contribution in [0.1, 0.15) is 33.3 Å². The number of nitriles is 1. The van der Waals surface area contributed by atoms with E-state index in [9.17, 15) is 4.79 Å². The number of nitrogens with zero attached hydrogens (tertiary/aromatic N) is 1. The number of hydrogen-bond donors (Lipinski definition) is 1. The van der Waals surface area contributed by atoms with Crippen molar-refractivity contribution >= 4 is 12.6 Å². The Labute approximate surface area is 106 Å². The van der Waals surface area contributed by atoms with Gasteiger partial charge >= 0.3 is 7.12 Å². The molecule has 2 rings (SSSR count). The minimum absolute atomic E-state index is 0.0576. The summed E-state index contributed by atoms with van der Waals surface area (Å²) < 4.78 is 11.6. The fourth-order valence-corrected chi connectivity index (χ4v) is 1.73. The Hall–Kier alpha value is -1.58. The summed E-state index contributed by atoms with van der Waals surface area (Å²) in [5.41, 5.74) is -0.982. The van der Waals surface area contributed by atoms with Gasteiger partial charge in [0.15, 0.2) is 5.43 Å². The molecule has 0 spiro atoms. The van der Waals surface area contributed by atoms with Gasteiger partial charge in [-0.15, -0.1) is 0 Å². The Morgan fingerprint density at radius 2 is 1.78 bits per heavy atom. The summed E-state index contributed by atoms with van der Waals surface area (Å²) >= 11 is 0. The van der Waals surface area contributed by atoms with Gasteiger partial charge in [-0.05, 0) is 27.7 Å². The molecule has 0 radical (unpaired) electrons. The molecule has 0 unspecified atom stereocenters. The zero-order chi connectivity index (χ0) is 13.6. The predicted molar refractivity (Wildman–Crippen MR) is 67.5 cm³/mol. The molecule has 0 atom stereocenters. The standard InChI is InChI=1S/C12H15BN2O3/c1-11(2)12(3,4)18-13(17-11)9-7-15-6-8(5-14)10(9)16/h6-7H,1-4H3,(H,15,16). The minimum atomic E-state index is -0.743. The largest absolute Gasteiger partial charge is 0.500 e. The van der Waals surface area contributed by atoms with Crippen LogP contribution in [0.5, 0.6) is 0 Å². The Kier molecular flexibility index (Phi) is 2.84. The van der Waals surface area contributed by atoms with Gasteiger partial charge in [0, 0.05) is 17.9 Å². The molecular weight excluding hydrogens is 231 g/mol. The fourth-order valence-electron chi connectivity index (χ4n) is 1.73. The average molecular weight is 246 g/mol. The maximum absolute atomic E-state index is 12.0. The SMILES string of the molecule is CC1(C)OB(c2c[nH]cc(C#N)c2=O)OC1(C)C. The highest BCUT2D eigenvalue weighted by Gasteiger charge is 2.52. The molecular formula is C12H15BN2O3. The molecule has 1 aromatic rings. The van der Waals surface area contributed by atoms with Crippen molar-refractivity contribution in [1.29, 1.82) is 5.26 Å². The van der Waals surface area contributed by atoms with E-state index in [0.717, 1.165) is 0 Å². The lowest BCUT2D eigenvalue weighted by Gasteiger charge is -2.32. The third-order valence-corrected chi connectivity index (χ3v) is 3.60. The van der Waals surface area contributed by atoms with Gasteiger partial charge < -0.3 is 14.3 Å². The molecule has 1 saturated heterocycles. The molecule has 1 N–H and O–H groups in total. The van der Waals surface area contributed by atoms with Crippen molar-refractivity contribution < 1.29 is 9.31 Å². The molecule has 2 heterocycles. The molecule has 6 heteroatoms. The average Bonchev–Trinajstić information content (AvgIpc) is 2.48. The molecule has 0 saturated carbocycles. The van der Waals surface area contributed by atoms with E-state index in [-0.39, 0.29) is 11.0 Å². The van der Waals surface area contributed by atoms with E-state index in [0.29, 0.717) is 5.46 Å². The quantitative estimate of drug-likeness (QED) is 0.734. The predicted octanol–water partition coefficient (Wildman–Crippen LogP) is 0.546. The molecule has 0 aromatic carbocycles. The van der Waals surface area contributed by atoms with Crippen molar-refractivity contribution in [2.45, 2.75) is 38.9 Å². The van der Waals surface area contributed by atoms with Crippen LogP contribution in [0.15, 0.2) is 17.2 Å². The molecule has 0 aliphatic carbocycles. The van der Waals surface area contributed by atoms with Crippen LogP contribution in [0.25, 0.3) is 0 Å². The van der Waals surface area contributed by atoms with Crippen LogP contribution in [-0.4, -0.2) is 23.3 Å². The van der Waals surface area contributed by atoms with E-state index in [1.165, 1.54) is 12.4 Å². The Morgan fingerprint density at radius 1 is 1.22 bits per heavy atom. The maximum atomic E-state index is 12.0. The minimum Gasteiger partial charge on any atom is -0.399 e. The third kappa shape index (κ3) is 1.86. The normalized spacial score (nSPS) is 20.7. The Balaban J connectivity index is 2.43. The van der Waals surface area contributed by atoms with Gasteiger partial charge in [0.05, 0.1) is 11.2 Å². The highest BCUT2D eigenvalue weighted by Crippen LogP contribution is 2.36. The van der Waals surface area contributed by atoms with Gasteiger partial charge in [-0.1, -0.05) is 0 Å². The van der Waals surface area contributed by atoms with Crippen molar-refractivity contribution in [3.63, 3.8) is 0 Å². The van der Waals surface area contributed by atoms with Crippen LogP contribution in [-0.2, 0) is 9.31 Å². The van der Waals surface area contributed by atoms with E-state index in [1.54, 1.807) is 0 Å². The van der Waals surface area contributed by atoms with Crippen LogP contribution in [0.3, 0.4) is 0 Å². The fraction of sp³-hybridized carbons (Fsp3) is 0.500. The first kappa shape index (κ1) is 12.9. The summed E-state index contributed by atoms with van der Waals surface area (Å²) in [5, 5.41) is 8.84. The van der Waals surface area contributed by atoms with Crippen molar-refractivity contribution in [3.8, 4) is 6.07 Å². The van der Waals surface area contributed by atoms with Crippen molar-refractivity contribution in [1.82, 2.24) is 4.98 Å². The van der Waals surface area contributed by atoms with Crippen LogP contribution >= 0.6 is 0 Å². The van der Waals surface area contributed by atoms with Gasteiger partial charge in [0.1, 0.15) is 11.6 Å². The number of nitrogens with one attached hydrogen (secondary N) is 1.